The molecule has 0 aliphatic heterocycles. The lowest BCUT2D eigenvalue weighted by atomic mass is 10.2. The van der Waals surface area contributed by atoms with Crippen LogP contribution in [0.15, 0.2) is 12.1 Å². The van der Waals surface area contributed by atoms with Crippen LogP contribution < -0.4 is 11.1 Å². The van der Waals surface area contributed by atoms with E-state index in [9.17, 15) is 4.79 Å². The van der Waals surface area contributed by atoms with Crippen molar-refractivity contribution in [2.24, 2.45) is 0 Å². The average Bonchev–Trinajstić information content (AvgIpc) is 2.03. The van der Waals surface area contributed by atoms with Gasteiger partial charge in [-0.1, -0.05) is 0 Å². The van der Waals surface area contributed by atoms with Gasteiger partial charge < -0.3 is 16.2 Å². The molecule has 0 fully saturated rings. The van der Waals surface area contributed by atoms with E-state index in [2.05, 4.69) is 10.3 Å². The Morgan fingerprint density at radius 2 is 2.33 bits per heavy atom. The topological polar surface area (TPSA) is 88.2 Å². The third kappa shape index (κ3) is 1.45. The second-order valence-electron chi connectivity index (χ2n) is 2.19. The lowest BCUT2D eigenvalue weighted by Crippen LogP contribution is -2.06. The molecule has 0 saturated carbocycles. The molecule has 0 amide bonds. The number of nitrogens with zero attached hydrogens (tertiary/aromatic N) is 1. The van der Waals surface area contributed by atoms with Crippen LogP contribution in [0.4, 0.5) is 11.6 Å². The van der Waals surface area contributed by atoms with Gasteiger partial charge in [0.05, 0.1) is 0 Å². The number of aromatic carboxylic acids is 1. The van der Waals surface area contributed by atoms with E-state index in [0.29, 0.717) is 5.82 Å². The molecule has 64 valence electrons. The van der Waals surface area contributed by atoms with Gasteiger partial charge in [-0.05, 0) is 12.1 Å². The molecule has 0 bridgehead atoms. The van der Waals surface area contributed by atoms with Crippen molar-refractivity contribution < 1.29 is 9.90 Å². The van der Waals surface area contributed by atoms with Crippen molar-refractivity contribution >= 4 is 17.6 Å². The van der Waals surface area contributed by atoms with Gasteiger partial charge in [0.25, 0.3) is 0 Å². The first-order chi connectivity index (χ1) is 5.65. The van der Waals surface area contributed by atoms with Gasteiger partial charge in [-0.25, -0.2) is 9.78 Å². The maximum atomic E-state index is 10.6. The Bertz CT molecular complexity index is 312. The first-order valence-corrected chi connectivity index (χ1v) is 3.32. The number of pyridine rings is 1. The zero-order chi connectivity index (χ0) is 9.14. The summed E-state index contributed by atoms with van der Waals surface area (Å²) < 4.78 is 0. The fraction of sp³-hybridized carbons (Fsp3) is 0.143. The predicted molar refractivity (Wildman–Crippen MR) is 45.2 cm³/mol. The van der Waals surface area contributed by atoms with Crippen LogP contribution >= 0.6 is 0 Å². The quantitative estimate of drug-likeness (QED) is 0.593. The van der Waals surface area contributed by atoms with E-state index in [1.165, 1.54) is 12.1 Å². The van der Waals surface area contributed by atoms with Crippen molar-refractivity contribution in [3.8, 4) is 0 Å². The van der Waals surface area contributed by atoms with E-state index in [1.54, 1.807) is 7.05 Å². The van der Waals surface area contributed by atoms with Gasteiger partial charge in [-0.15, -0.1) is 0 Å². The van der Waals surface area contributed by atoms with Crippen LogP contribution in [0.2, 0.25) is 0 Å². The summed E-state index contributed by atoms with van der Waals surface area (Å²) >= 11 is 0. The summed E-state index contributed by atoms with van der Waals surface area (Å²) in [5, 5.41) is 11.3. The minimum atomic E-state index is -1.02. The largest absolute Gasteiger partial charge is 0.478 e. The molecule has 0 aliphatic rings. The molecule has 0 aliphatic carbocycles. The van der Waals surface area contributed by atoms with Gasteiger partial charge in [0.15, 0.2) is 0 Å². The van der Waals surface area contributed by atoms with Gasteiger partial charge in [0.2, 0.25) is 0 Å². The SMILES string of the molecule is CNc1nc(N)ccc1C(=O)O. The molecule has 5 heteroatoms. The highest BCUT2D eigenvalue weighted by atomic mass is 16.4. The van der Waals surface area contributed by atoms with Crippen molar-refractivity contribution in [3.05, 3.63) is 17.7 Å². The molecule has 5 nitrogen and oxygen atoms in total. The molecule has 0 saturated heterocycles. The van der Waals surface area contributed by atoms with Crippen LogP contribution in [-0.4, -0.2) is 23.1 Å². The molecule has 1 aromatic heterocycles. The number of aromatic nitrogens is 1. The Labute approximate surface area is 69.2 Å². The van der Waals surface area contributed by atoms with Crippen LogP contribution in [0, 0.1) is 0 Å². The summed E-state index contributed by atoms with van der Waals surface area (Å²) in [4.78, 5) is 14.4. The van der Waals surface area contributed by atoms with Gasteiger partial charge in [-0.2, -0.15) is 0 Å². The number of carbonyl (C=O) groups is 1. The Balaban J connectivity index is 3.20. The minimum absolute atomic E-state index is 0.117. The standard InChI is InChI=1S/C7H9N3O2/c1-9-6-4(7(11)12)2-3-5(8)10-6/h2-3H,1H3,(H,11,12)(H3,8,9,10). The molecule has 1 heterocycles. The summed E-state index contributed by atoms with van der Waals surface area (Å²) in [6.07, 6.45) is 0. The Morgan fingerprint density at radius 1 is 1.67 bits per heavy atom. The average molecular weight is 167 g/mol. The second kappa shape index (κ2) is 3.08. The number of nitrogens with one attached hydrogen (secondary N) is 1. The highest BCUT2D eigenvalue weighted by Crippen LogP contribution is 2.13. The van der Waals surface area contributed by atoms with Crippen molar-refractivity contribution in [3.63, 3.8) is 0 Å². The lowest BCUT2D eigenvalue weighted by molar-refractivity contribution is 0.0697. The highest BCUT2D eigenvalue weighted by molar-refractivity contribution is 5.93. The number of rotatable bonds is 2. The van der Waals surface area contributed by atoms with Crippen molar-refractivity contribution in [2.45, 2.75) is 0 Å². The fourth-order valence-corrected chi connectivity index (χ4v) is 0.837. The van der Waals surface area contributed by atoms with Crippen molar-refractivity contribution in [2.75, 3.05) is 18.1 Å². The molecule has 0 unspecified atom stereocenters. The number of nitrogen functional groups attached to an aromatic ring is 1. The summed E-state index contributed by atoms with van der Waals surface area (Å²) in [5.41, 5.74) is 5.48. The van der Waals surface area contributed by atoms with Crippen LogP contribution in [0.1, 0.15) is 10.4 Å². The second-order valence-corrected chi connectivity index (χ2v) is 2.19. The molecular formula is C7H9N3O2. The van der Waals surface area contributed by atoms with Crippen LogP contribution in [0.25, 0.3) is 0 Å². The molecule has 0 atom stereocenters. The van der Waals surface area contributed by atoms with Crippen LogP contribution in [0.5, 0.6) is 0 Å². The van der Waals surface area contributed by atoms with Gasteiger partial charge >= 0.3 is 5.97 Å². The number of hydrogen-bond donors (Lipinski definition) is 3. The predicted octanol–water partition coefficient (Wildman–Crippen LogP) is 0.404. The number of nitrogens with two attached hydrogens (primary N) is 1. The zero-order valence-electron chi connectivity index (χ0n) is 6.53. The third-order valence-corrected chi connectivity index (χ3v) is 1.38. The summed E-state index contributed by atoms with van der Waals surface area (Å²) in [7, 11) is 1.59. The van der Waals surface area contributed by atoms with Gasteiger partial charge in [0.1, 0.15) is 17.2 Å². The monoisotopic (exact) mass is 167 g/mol. The molecule has 0 aromatic carbocycles. The number of carboxylic acids is 1. The van der Waals surface area contributed by atoms with E-state index in [-0.39, 0.29) is 11.4 Å². The van der Waals surface area contributed by atoms with E-state index in [4.69, 9.17) is 10.8 Å². The smallest absolute Gasteiger partial charge is 0.339 e. The van der Waals surface area contributed by atoms with E-state index < -0.39 is 5.97 Å². The highest BCUT2D eigenvalue weighted by Gasteiger charge is 2.09. The summed E-state index contributed by atoms with van der Waals surface area (Å²) in [6, 6.07) is 2.86. The van der Waals surface area contributed by atoms with Gasteiger partial charge in [-0.3, -0.25) is 0 Å². The normalized spacial score (nSPS) is 9.42. The van der Waals surface area contributed by atoms with Gasteiger partial charge in [0, 0.05) is 7.05 Å². The van der Waals surface area contributed by atoms with Crippen LogP contribution in [-0.2, 0) is 0 Å². The number of anilines is 2. The Kier molecular flexibility index (Phi) is 2.14. The fourth-order valence-electron chi connectivity index (χ4n) is 0.837. The Hall–Kier alpha value is -1.78. The summed E-state index contributed by atoms with van der Waals surface area (Å²) in [6.45, 7) is 0. The molecule has 1 rings (SSSR count). The third-order valence-electron chi connectivity index (χ3n) is 1.38. The van der Waals surface area contributed by atoms with E-state index in [1.807, 2.05) is 0 Å². The number of carboxylic acid groups (broad SMARTS) is 1. The van der Waals surface area contributed by atoms with Crippen LogP contribution in [0.3, 0.4) is 0 Å². The maximum absolute atomic E-state index is 10.6. The Morgan fingerprint density at radius 3 is 2.83 bits per heavy atom. The molecule has 1 aromatic rings. The zero-order valence-corrected chi connectivity index (χ0v) is 6.53. The first kappa shape index (κ1) is 8.32. The van der Waals surface area contributed by atoms with E-state index in [0.717, 1.165) is 0 Å². The molecular weight excluding hydrogens is 158 g/mol. The lowest BCUT2D eigenvalue weighted by Gasteiger charge is -2.03. The molecule has 0 radical (unpaired) electrons. The minimum Gasteiger partial charge on any atom is -0.478 e. The summed E-state index contributed by atoms with van der Waals surface area (Å²) in [5.74, 6) is -0.446. The molecule has 12 heavy (non-hydrogen) atoms. The number of hydrogen-bond acceptors (Lipinski definition) is 4. The maximum Gasteiger partial charge on any atom is 0.339 e. The van der Waals surface area contributed by atoms with Crippen molar-refractivity contribution in [1.29, 1.82) is 0 Å². The molecule has 0 spiro atoms. The molecule has 4 N–H and O–H groups in total. The van der Waals surface area contributed by atoms with E-state index >= 15 is 0 Å². The van der Waals surface area contributed by atoms with Crippen molar-refractivity contribution in [1.82, 2.24) is 4.98 Å². The first-order valence-electron chi connectivity index (χ1n) is 3.32.